The third kappa shape index (κ3) is 3.78. The summed E-state index contributed by atoms with van der Waals surface area (Å²) >= 11 is 4.75. The highest BCUT2D eigenvalue weighted by atomic mass is 32.1. The summed E-state index contributed by atoms with van der Waals surface area (Å²) in [4.78, 5) is 13.9. The lowest BCUT2D eigenvalue weighted by Crippen LogP contribution is -2.30. The molecule has 3 nitrogen and oxygen atoms in total. The minimum atomic E-state index is -0.343. The van der Waals surface area contributed by atoms with Crippen LogP contribution in [0.4, 0.5) is 4.39 Å². The van der Waals surface area contributed by atoms with Crippen molar-refractivity contribution >= 4 is 23.1 Å². The minimum Gasteiger partial charge on any atom is -0.393 e. The molecule has 17 heavy (non-hydrogen) atoms. The molecule has 0 radical (unpaired) electrons. The second-order valence-corrected chi connectivity index (χ2v) is 4.43. The summed E-state index contributed by atoms with van der Waals surface area (Å²) in [6, 6.07) is 4.11. The third-order valence-corrected chi connectivity index (χ3v) is 2.66. The molecular formula is C12H15FN2OS. The van der Waals surface area contributed by atoms with Crippen molar-refractivity contribution in [3.63, 3.8) is 0 Å². The third-order valence-electron chi connectivity index (χ3n) is 2.46. The van der Waals surface area contributed by atoms with Crippen LogP contribution in [0, 0.1) is 12.7 Å². The molecule has 92 valence electrons. The van der Waals surface area contributed by atoms with Crippen LogP contribution < -0.4 is 5.73 Å². The van der Waals surface area contributed by atoms with Gasteiger partial charge in [-0.3, -0.25) is 4.79 Å². The largest absolute Gasteiger partial charge is 0.393 e. The molecule has 0 aliphatic heterocycles. The van der Waals surface area contributed by atoms with Crippen molar-refractivity contribution in [2.45, 2.75) is 13.3 Å². The van der Waals surface area contributed by atoms with E-state index in [9.17, 15) is 9.18 Å². The molecule has 0 saturated heterocycles. The fourth-order valence-corrected chi connectivity index (χ4v) is 1.54. The van der Waals surface area contributed by atoms with Crippen molar-refractivity contribution in [3.8, 4) is 0 Å². The Morgan fingerprint density at radius 1 is 1.53 bits per heavy atom. The zero-order valence-corrected chi connectivity index (χ0v) is 10.7. The number of nitrogens with zero attached hydrogens (tertiary/aromatic N) is 1. The van der Waals surface area contributed by atoms with Gasteiger partial charge in [-0.05, 0) is 30.7 Å². The number of carbonyl (C=O) groups is 1. The lowest BCUT2D eigenvalue weighted by atomic mass is 10.1. The van der Waals surface area contributed by atoms with E-state index in [0.29, 0.717) is 29.1 Å². The summed E-state index contributed by atoms with van der Waals surface area (Å²) in [5.74, 6) is -0.497. The molecule has 0 saturated carbocycles. The zero-order chi connectivity index (χ0) is 13.0. The van der Waals surface area contributed by atoms with Gasteiger partial charge in [-0.15, -0.1) is 0 Å². The van der Waals surface area contributed by atoms with Gasteiger partial charge in [0.1, 0.15) is 5.82 Å². The first kappa shape index (κ1) is 13.6. The average molecular weight is 254 g/mol. The van der Waals surface area contributed by atoms with Gasteiger partial charge in [-0.2, -0.15) is 0 Å². The van der Waals surface area contributed by atoms with E-state index in [1.807, 2.05) is 0 Å². The van der Waals surface area contributed by atoms with Gasteiger partial charge < -0.3 is 10.6 Å². The fraction of sp³-hybridized carbons (Fsp3) is 0.333. The molecule has 1 amide bonds. The molecule has 1 aromatic rings. The number of aryl methyl sites for hydroxylation is 1. The zero-order valence-electron chi connectivity index (χ0n) is 9.87. The van der Waals surface area contributed by atoms with Crippen molar-refractivity contribution in [1.29, 1.82) is 0 Å². The first-order chi connectivity index (χ1) is 7.91. The second kappa shape index (κ2) is 5.72. The Labute approximate surface area is 105 Å². The van der Waals surface area contributed by atoms with Crippen LogP contribution in [0.2, 0.25) is 0 Å². The van der Waals surface area contributed by atoms with Crippen LogP contribution in [0.1, 0.15) is 22.3 Å². The molecule has 0 aliphatic rings. The first-order valence-electron chi connectivity index (χ1n) is 5.21. The topological polar surface area (TPSA) is 46.3 Å². The molecule has 0 fully saturated rings. The highest BCUT2D eigenvalue weighted by Gasteiger charge is 2.14. The van der Waals surface area contributed by atoms with Gasteiger partial charge in [-0.25, -0.2) is 4.39 Å². The smallest absolute Gasteiger partial charge is 0.253 e. The second-order valence-electron chi connectivity index (χ2n) is 3.90. The maximum absolute atomic E-state index is 12.9. The summed E-state index contributed by atoms with van der Waals surface area (Å²) < 4.78 is 12.9. The molecule has 0 heterocycles. The van der Waals surface area contributed by atoms with Crippen LogP contribution in [0.25, 0.3) is 0 Å². The highest BCUT2D eigenvalue weighted by Crippen LogP contribution is 2.12. The SMILES string of the molecule is Cc1cc(F)ccc1C(=O)N(C)CCC(N)=S. The summed E-state index contributed by atoms with van der Waals surface area (Å²) in [5, 5.41) is 0. The molecule has 0 atom stereocenters. The number of hydrogen-bond donors (Lipinski definition) is 1. The van der Waals surface area contributed by atoms with Crippen LogP contribution in [0.3, 0.4) is 0 Å². The molecule has 0 aliphatic carbocycles. The number of nitrogens with two attached hydrogens (primary N) is 1. The molecule has 1 aromatic carbocycles. The summed E-state index contributed by atoms with van der Waals surface area (Å²) in [7, 11) is 1.67. The molecule has 0 unspecified atom stereocenters. The fourth-order valence-electron chi connectivity index (χ4n) is 1.45. The minimum absolute atomic E-state index is 0.154. The van der Waals surface area contributed by atoms with Crippen molar-refractivity contribution in [3.05, 3.63) is 35.1 Å². The van der Waals surface area contributed by atoms with E-state index >= 15 is 0 Å². The lowest BCUT2D eigenvalue weighted by molar-refractivity contribution is 0.0798. The normalized spacial score (nSPS) is 10.1. The number of halogens is 1. The van der Waals surface area contributed by atoms with Crippen molar-refractivity contribution in [2.24, 2.45) is 5.73 Å². The lowest BCUT2D eigenvalue weighted by Gasteiger charge is -2.17. The molecule has 0 bridgehead atoms. The van der Waals surface area contributed by atoms with E-state index in [2.05, 4.69) is 0 Å². The van der Waals surface area contributed by atoms with Crippen molar-refractivity contribution in [1.82, 2.24) is 4.90 Å². The van der Waals surface area contributed by atoms with Crippen molar-refractivity contribution in [2.75, 3.05) is 13.6 Å². The predicted molar refractivity (Wildman–Crippen MR) is 69.5 cm³/mol. The van der Waals surface area contributed by atoms with E-state index in [0.717, 1.165) is 0 Å². The van der Waals surface area contributed by atoms with Gasteiger partial charge >= 0.3 is 0 Å². The molecule has 1 rings (SSSR count). The van der Waals surface area contributed by atoms with Gasteiger partial charge in [0.25, 0.3) is 5.91 Å². The van der Waals surface area contributed by atoms with Gasteiger partial charge in [0, 0.05) is 25.6 Å². The van der Waals surface area contributed by atoms with Gasteiger partial charge in [0.15, 0.2) is 0 Å². The Morgan fingerprint density at radius 2 is 2.18 bits per heavy atom. The molecule has 0 aromatic heterocycles. The monoisotopic (exact) mass is 254 g/mol. The number of rotatable bonds is 4. The van der Waals surface area contributed by atoms with Crippen LogP contribution in [0.5, 0.6) is 0 Å². The summed E-state index contributed by atoms with van der Waals surface area (Å²) in [6.45, 7) is 2.17. The predicted octanol–water partition coefficient (Wildman–Crippen LogP) is 1.88. The maximum atomic E-state index is 12.9. The van der Waals surface area contributed by atoms with Gasteiger partial charge in [0.05, 0.1) is 4.99 Å². The Bertz CT molecular complexity index is 448. The highest BCUT2D eigenvalue weighted by molar-refractivity contribution is 7.80. The Kier molecular flexibility index (Phi) is 4.57. The van der Waals surface area contributed by atoms with E-state index < -0.39 is 0 Å². The van der Waals surface area contributed by atoms with Crippen LogP contribution >= 0.6 is 12.2 Å². The molecular weight excluding hydrogens is 239 g/mol. The van der Waals surface area contributed by atoms with Crippen molar-refractivity contribution < 1.29 is 9.18 Å². The Hall–Kier alpha value is -1.49. The number of thiocarbonyl (C=S) groups is 1. The van der Waals surface area contributed by atoms with E-state index in [4.69, 9.17) is 18.0 Å². The quantitative estimate of drug-likeness (QED) is 0.835. The first-order valence-corrected chi connectivity index (χ1v) is 5.62. The number of amides is 1. The molecule has 2 N–H and O–H groups in total. The number of carbonyl (C=O) groups excluding carboxylic acids is 1. The van der Waals surface area contributed by atoms with Crippen LogP contribution in [0.15, 0.2) is 18.2 Å². The molecule has 5 heteroatoms. The number of benzene rings is 1. The average Bonchev–Trinajstić information content (AvgIpc) is 2.25. The standard InChI is InChI=1S/C12H15FN2OS/c1-8-7-9(13)3-4-10(8)12(16)15(2)6-5-11(14)17/h3-4,7H,5-6H2,1-2H3,(H2,14,17). The van der Waals surface area contributed by atoms with E-state index in [-0.39, 0.29) is 11.7 Å². The van der Waals surface area contributed by atoms with Crippen LogP contribution in [-0.4, -0.2) is 29.4 Å². The van der Waals surface area contributed by atoms with Gasteiger partial charge in [-0.1, -0.05) is 12.2 Å². The van der Waals surface area contributed by atoms with E-state index in [1.54, 1.807) is 14.0 Å². The van der Waals surface area contributed by atoms with E-state index in [1.165, 1.54) is 23.1 Å². The van der Waals surface area contributed by atoms with Gasteiger partial charge in [0.2, 0.25) is 0 Å². The van der Waals surface area contributed by atoms with Crippen LogP contribution in [-0.2, 0) is 0 Å². The Balaban J connectivity index is 2.78. The Morgan fingerprint density at radius 3 is 2.71 bits per heavy atom. The molecule has 0 spiro atoms. The number of hydrogen-bond acceptors (Lipinski definition) is 2. The summed E-state index contributed by atoms with van der Waals surface area (Å²) in [5.41, 5.74) is 6.49. The maximum Gasteiger partial charge on any atom is 0.253 e. The summed E-state index contributed by atoms with van der Waals surface area (Å²) in [6.07, 6.45) is 0.484.